The van der Waals surface area contributed by atoms with Crippen LogP contribution in [-0.2, 0) is 16.1 Å². The van der Waals surface area contributed by atoms with Gasteiger partial charge in [-0.25, -0.2) is 4.68 Å². The van der Waals surface area contributed by atoms with Crippen molar-refractivity contribution in [1.82, 2.24) is 20.3 Å². The van der Waals surface area contributed by atoms with Crippen molar-refractivity contribution in [2.45, 2.75) is 32.9 Å². The molecular formula is C30H35N5O5. The number of ether oxygens (including phenoxy) is 3. The summed E-state index contributed by atoms with van der Waals surface area (Å²) >= 11 is 0. The maximum atomic E-state index is 14.2. The van der Waals surface area contributed by atoms with Gasteiger partial charge in [-0.15, -0.1) is 5.10 Å². The molecule has 2 amide bonds. The van der Waals surface area contributed by atoms with Crippen molar-refractivity contribution in [3.05, 3.63) is 72.3 Å². The lowest BCUT2D eigenvalue weighted by Gasteiger charge is -2.32. The normalized spacial score (nSPS) is 11.8. The smallest absolute Gasteiger partial charge is 0.249 e. The van der Waals surface area contributed by atoms with Crippen LogP contribution in [0.25, 0.3) is 11.0 Å². The quantitative estimate of drug-likeness (QED) is 0.281. The standard InChI is InChI=1S/C30H35N5O5/c1-20(2)17-18-31-30(37)28(23-9-8-12-26(39-4)29(23)40-5)35(21-13-15-22(38-3)16-14-21)27(36)19-34-25-11-7-6-10-24(25)32-33-34/h6-16,20,28H,17-19H2,1-5H3,(H,31,37)/t28-/m0/s1. The number of carbonyl (C=O) groups is 2. The molecule has 0 saturated carbocycles. The Labute approximate surface area is 233 Å². The number of hydrogen-bond acceptors (Lipinski definition) is 7. The lowest BCUT2D eigenvalue weighted by Crippen LogP contribution is -2.45. The van der Waals surface area contributed by atoms with Crippen molar-refractivity contribution in [3.8, 4) is 17.2 Å². The van der Waals surface area contributed by atoms with E-state index in [1.807, 2.05) is 24.3 Å². The van der Waals surface area contributed by atoms with Crippen LogP contribution in [0.3, 0.4) is 0 Å². The minimum atomic E-state index is -1.08. The number of methoxy groups -OCH3 is 3. The van der Waals surface area contributed by atoms with Gasteiger partial charge in [0, 0.05) is 17.8 Å². The van der Waals surface area contributed by atoms with E-state index in [4.69, 9.17) is 14.2 Å². The highest BCUT2D eigenvalue weighted by atomic mass is 16.5. The summed E-state index contributed by atoms with van der Waals surface area (Å²) in [5, 5.41) is 11.4. The van der Waals surface area contributed by atoms with Crippen LogP contribution in [0.5, 0.6) is 17.2 Å². The van der Waals surface area contributed by atoms with E-state index in [2.05, 4.69) is 29.5 Å². The second-order valence-electron chi connectivity index (χ2n) is 9.66. The first-order chi connectivity index (χ1) is 19.4. The number of nitrogens with zero attached hydrogens (tertiary/aromatic N) is 4. The molecule has 0 bridgehead atoms. The van der Waals surface area contributed by atoms with Crippen LogP contribution in [0.2, 0.25) is 0 Å². The first-order valence-corrected chi connectivity index (χ1v) is 13.1. The predicted molar refractivity (Wildman–Crippen MR) is 153 cm³/mol. The number of hydrogen-bond donors (Lipinski definition) is 1. The third-order valence-electron chi connectivity index (χ3n) is 6.58. The molecule has 1 heterocycles. The molecule has 4 rings (SSSR count). The minimum Gasteiger partial charge on any atom is -0.497 e. The number of para-hydroxylation sites is 2. The second kappa shape index (κ2) is 13.0. The molecule has 1 atom stereocenters. The second-order valence-corrected chi connectivity index (χ2v) is 9.66. The van der Waals surface area contributed by atoms with Crippen molar-refractivity contribution in [1.29, 1.82) is 0 Å². The zero-order valence-corrected chi connectivity index (χ0v) is 23.5. The van der Waals surface area contributed by atoms with Gasteiger partial charge in [-0.05, 0) is 54.8 Å². The molecule has 0 aliphatic rings. The number of amides is 2. The summed E-state index contributed by atoms with van der Waals surface area (Å²) in [6.45, 7) is 4.49. The summed E-state index contributed by atoms with van der Waals surface area (Å²) in [6, 6.07) is 18.6. The lowest BCUT2D eigenvalue weighted by molar-refractivity contribution is -0.127. The third-order valence-corrected chi connectivity index (χ3v) is 6.58. The molecule has 0 unspecified atom stereocenters. The number of benzene rings is 3. The summed E-state index contributed by atoms with van der Waals surface area (Å²) in [5.41, 5.74) is 2.37. The molecule has 0 saturated heterocycles. The maximum Gasteiger partial charge on any atom is 0.249 e. The molecule has 0 radical (unpaired) electrons. The van der Waals surface area contributed by atoms with E-state index >= 15 is 0 Å². The highest BCUT2D eigenvalue weighted by Crippen LogP contribution is 2.39. The summed E-state index contributed by atoms with van der Waals surface area (Å²) in [6.07, 6.45) is 0.787. The molecule has 1 N–H and O–H groups in total. The minimum absolute atomic E-state index is 0.144. The van der Waals surface area contributed by atoms with Gasteiger partial charge >= 0.3 is 0 Å². The zero-order chi connectivity index (χ0) is 28.6. The van der Waals surface area contributed by atoms with E-state index in [0.29, 0.717) is 52.0 Å². The fourth-order valence-electron chi connectivity index (χ4n) is 4.52. The van der Waals surface area contributed by atoms with Crippen molar-refractivity contribution in [3.63, 3.8) is 0 Å². The van der Waals surface area contributed by atoms with Gasteiger partial charge in [0.1, 0.15) is 23.9 Å². The van der Waals surface area contributed by atoms with Gasteiger partial charge in [0.15, 0.2) is 11.5 Å². The molecular weight excluding hydrogens is 510 g/mol. The van der Waals surface area contributed by atoms with Gasteiger partial charge in [-0.2, -0.15) is 0 Å². The molecule has 40 heavy (non-hydrogen) atoms. The Bertz CT molecular complexity index is 1450. The van der Waals surface area contributed by atoms with Crippen LogP contribution in [0.4, 0.5) is 5.69 Å². The Balaban J connectivity index is 1.84. The highest BCUT2D eigenvalue weighted by molar-refractivity contribution is 6.02. The van der Waals surface area contributed by atoms with Crippen molar-refractivity contribution in [2.75, 3.05) is 32.8 Å². The van der Waals surface area contributed by atoms with Gasteiger partial charge in [0.25, 0.3) is 0 Å². The van der Waals surface area contributed by atoms with Crippen LogP contribution in [-0.4, -0.2) is 54.7 Å². The Morgan fingerprint density at radius 3 is 2.35 bits per heavy atom. The summed E-state index contributed by atoms with van der Waals surface area (Å²) in [5.74, 6) is 1.12. The van der Waals surface area contributed by atoms with E-state index in [1.165, 1.54) is 23.8 Å². The van der Waals surface area contributed by atoms with Gasteiger partial charge in [-0.3, -0.25) is 14.5 Å². The summed E-state index contributed by atoms with van der Waals surface area (Å²) < 4.78 is 18.1. The number of anilines is 1. The van der Waals surface area contributed by atoms with E-state index in [9.17, 15) is 9.59 Å². The molecule has 0 aliphatic heterocycles. The van der Waals surface area contributed by atoms with E-state index in [1.54, 1.807) is 49.6 Å². The Morgan fingerprint density at radius 1 is 0.925 bits per heavy atom. The number of fused-ring (bicyclic) bond motifs is 1. The molecule has 4 aromatic rings. The summed E-state index contributed by atoms with van der Waals surface area (Å²) in [4.78, 5) is 29.7. The van der Waals surface area contributed by atoms with Gasteiger partial charge in [0.05, 0.1) is 26.8 Å². The lowest BCUT2D eigenvalue weighted by atomic mass is 10.0. The number of nitrogens with one attached hydrogen (secondary N) is 1. The first kappa shape index (κ1) is 28.4. The zero-order valence-electron chi connectivity index (χ0n) is 23.5. The molecule has 3 aromatic carbocycles. The van der Waals surface area contributed by atoms with Crippen molar-refractivity contribution in [2.24, 2.45) is 5.92 Å². The Kier molecular flexibility index (Phi) is 9.21. The summed E-state index contributed by atoms with van der Waals surface area (Å²) in [7, 11) is 4.61. The van der Waals surface area contributed by atoms with Crippen molar-refractivity contribution >= 4 is 28.5 Å². The van der Waals surface area contributed by atoms with E-state index in [0.717, 1.165) is 6.42 Å². The first-order valence-electron chi connectivity index (χ1n) is 13.1. The van der Waals surface area contributed by atoms with Gasteiger partial charge in [0.2, 0.25) is 11.8 Å². The monoisotopic (exact) mass is 545 g/mol. The van der Waals surface area contributed by atoms with Crippen LogP contribution in [0, 0.1) is 5.92 Å². The number of rotatable bonds is 12. The molecule has 0 spiro atoms. The number of carbonyl (C=O) groups excluding carboxylic acids is 2. The average Bonchev–Trinajstić information content (AvgIpc) is 3.37. The largest absolute Gasteiger partial charge is 0.497 e. The molecule has 0 aliphatic carbocycles. The maximum absolute atomic E-state index is 14.2. The van der Waals surface area contributed by atoms with Gasteiger partial charge < -0.3 is 19.5 Å². The van der Waals surface area contributed by atoms with E-state index < -0.39 is 6.04 Å². The van der Waals surface area contributed by atoms with Crippen molar-refractivity contribution < 1.29 is 23.8 Å². The van der Waals surface area contributed by atoms with Gasteiger partial charge in [-0.1, -0.05) is 43.3 Å². The average molecular weight is 546 g/mol. The fourth-order valence-corrected chi connectivity index (χ4v) is 4.52. The molecule has 1 aromatic heterocycles. The number of aromatic nitrogens is 3. The molecule has 10 heteroatoms. The molecule has 210 valence electrons. The highest BCUT2D eigenvalue weighted by Gasteiger charge is 2.36. The van der Waals surface area contributed by atoms with Crippen LogP contribution >= 0.6 is 0 Å². The Morgan fingerprint density at radius 2 is 1.68 bits per heavy atom. The van der Waals surface area contributed by atoms with E-state index in [-0.39, 0.29) is 18.4 Å². The van der Waals surface area contributed by atoms with Crippen LogP contribution in [0.1, 0.15) is 31.9 Å². The fraction of sp³-hybridized carbons (Fsp3) is 0.333. The third kappa shape index (κ3) is 6.17. The Hall–Kier alpha value is -4.60. The van der Waals surface area contributed by atoms with Crippen LogP contribution in [0.15, 0.2) is 66.7 Å². The molecule has 10 nitrogen and oxygen atoms in total. The topological polar surface area (TPSA) is 108 Å². The van der Waals surface area contributed by atoms with Crippen LogP contribution < -0.4 is 24.4 Å². The predicted octanol–water partition coefficient (Wildman–Crippen LogP) is 4.39. The molecule has 0 fully saturated rings. The SMILES string of the molecule is COc1ccc(N(C(=O)Cn2nnc3ccccc32)[C@H](C(=O)NCCC(C)C)c2cccc(OC)c2OC)cc1.